The Kier molecular flexibility index (Phi) is 7.94. The van der Waals surface area contributed by atoms with Crippen molar-refractivity contribution in [2.75, 3.05) is 23.8 Å². The number of fused-ring (bicyclic) bond motifs is 1. The predicted molar refractivity (Wildman–Crippen MR) is 128 cm³/mol. The molecule has 4 N–H and O–H groups in total. The normalized spacial score (nSPS) is 23.1. The molecule has 3 heterocycles. The molecule has 1 atom stereocenters. The monoisotopic (exact) mass is 465 g/mol. The summed E-state index contributed by atoms with van der Waals surface area (Å²) in [6, 6.07) is 11.0. The van der Waals surface area contributed by atoms with Crippen LogP contribution in [-0.2, 0) is 4.74 Å². The van der Waals surface area contributed by atoms with E-state index < -0.39 is 0 Å². The number of anilines is 3. The van der Waals surface area contributed by atoms with Crippen LogP contribution in [0.15, 0.2) is 36.7 Å². The highest BCUT2D eigenvalue weighted by Gasteiger charge is 2.24. The van der Waals surface area contributed by atoms with Gasteiger partial charge in [0.15, 0.2) is 17.0 Å². The molecule has 2 fully saturated rings. The lowest BCUT2D eigenvalue weighted by molar-refractivity contribution is 0.187. The van der Waals surface area contributed by atoms with Crippen LogP contribution in [0.4, 0.5) is 17.5 Å². The summed E-state index contributed by atoms with van der Waals surface area (Å²) < 4.78 is 7.71. The van der Waals surface area contributed by atoms with Gasteiger partial charge in [0.1, 0.15) is 0 Å². The summed E-state index contributed by atoms with van der Waals surface area (Å²) in [4.78, 5) is 14.3. The molecule has 2 aromatic heterocycles. The van der Waals surface area contributed by atoms with E-state index in [9.17, 15) is 0 Å². The van der Waals surface area contributed by atoms with Crippen molar-refractivity contribution >= 4 is 53.4 Å². The van der Waals surface area contributed by atoms with Crippen molar-refractivity contribution in [3.8, 4) is 0 Å². The zero-order valence-electron chi connectivity index (χ0n) is 17.2. The van der Waals surface area contributed by atoms with Crippen molar-refractivity contribution in [1.29, 1.82) is 0 Å². The fourth-order valence-corrected chi connectivity index (χ4v) is 4.18. The second-order valence-corrected chi connectivity index (χ2v) is 7.98. The van der Waals surface area contributed by atoms with E-state index in [0.717, 1.165) is 55.6 Å². The number of rotatable bonds is 5. The minimum absolute atomic E-state index is 0. The fraction of sp³-hybridized carbons (Fsp3) is 0.476. The molecule has 0 spiro atoms. The molecule has 5 rings (SSSR count). The highest BCUT2D eigenvalue weighted by molar-refractivity contribution is 5.86. The maximum Gasteiger partial charge on any atom is 0.227 e. The average Bonchev–Trinajstić information content (AvgIpc) is 3.40. The van der Waals surface area contributed by atoms with Gasteiger partial charge in [0.2, 0.25) is 5.95 Å². The zero-order chi connectivity index (χ0) is 19.6. The Morgan fingerprint density at radius 3 is 2.48 bits per heavy atom. The first-order valence-electron chi connectivity index (χ1n) is 10.4. The van der Waals surface area contributed by atoms with Crippen LogP contribution in [-0.4, -0.2) is 44.8 Å². The van der Waals surface area contributed by atoms with Crippen LogP contribution in [0.25, 0.3) is 11.2 Å². The molecule has 2 aliphatic rings. The summed E-state index contributed by atoms with van der Waals surface area (Å²) in [6.07, 6.45) is 6.98. The molecule has 0 radical (unpaired) electrons. The van der Waals surface area contributed by atoms with Crippen LogP contribution in [0.2, 0.25) is 0 Å². The first kappa shape index (κ1) is 23.5. The zero-order valence-corrected chi connectivity index (χ0v) is 18.9. The lowest BCUT2D eigenvalue weighted by atomic mass is 9.92. The number of imidazole rings is 1. The third-order valence-corrected chi connectivity index (χ3v) is 5.86. The number of ether oxygens (including phenoxy) is 1. The number of hydrogen-bond donors (Lipinski definition) is 3. The van der Waals surface area contributed by atoms with Gasteiger partial charge in [-0.1, -0.05) is 18.2 Å². The lowest BCUT2D eigenvalue weighted by Crippen LogP contribution is -2.33. The second kappa shape index (κ2) is 10.5. The highest BCUT2D eigenvalue weighted by atomic mass is 35.5. The molecule has 1 saturated carbocycles. The summed E-state index contributed by atoms with van der Waals surface area (Å²) in [5.41, 5.74) is 8.64. The van der Waals surface area contributed by atoms with E-state index in [1.54, 1.807) is 0 Å². The smallest absolute Gasteiger partial charge is 0.227 e. The van der Waals surface area contributed by atoms with Gasteiger partial charge in [0.05, 0.1) is 19.0 Å². The number of aromatic nitrogens is 4. The van der Waals surface area contributed by atoms with Crippen molar-refractivity contribution in [3.05, 3.63) is 36.7 Å². The van der Waals surface area contributed by atoms with Gasteiger partial charge in [0.25, 0.3) is 0 Å². The fourth-order valence-electron chi connectivity index (χ4n) is 4.18. The Balaban J connectivity index is 0.00000136. The van der Waals surface area contributed by atoms with Crippen molar-refractivity contribution in [2.24, 2.45) is 5.73 Å². The van der Waals surface area contributed by atoms with Gasteiger partial charge in [-0.2, -0.15) is 9.97 Å². The van der Waals surface area contributed by atoms with Crippen LogP contribution >= 0.6 is 24.8 Å². The quantitative estimate of drug-likeness (QED) is 0.521. The van der Waals surface area contributed by atoms with E-state index in [4.69, 9.17) is 20.4 Å². The Labute approximate surface area is 194 Å². The Hall–Kier alpha value is -2.13. The van der Waals surface area contributed by atoms with Crippen molar-refractivity contribution in [1.82, 2.24) is 19.5 Å². The molecule has 1 aromatic carbocycles. The standard InChI is InChI=1S/C21H27N7O.2ClH/c22-14-6-8-16(9-7-14)25-21-26-19(24-15-4-2-1-3-5-15)18-20(27-21)28(13-23-18)17-10-11-29-12-17;;/h1-5,13-14,16-17H,6-12,22H2,(H2,24,25,26,27);2*1H/t14-,16-,17?;;. The summed E-state index contributed by atoms with van der Waals surface area (Å²) in [6.45, 7) is 1.47. The first-order valence-corrected chi connectivity index (χ1v) is 10.4. The molecule has 31 heavy (non-hydrogen) atoms. The van der Waals surface area contributed by atoms with Crippen molar-refractivity contribution in [3.63, 3.8) is 0 Å². The third-order valence-electron chi connectivity index (χ3n) is 5.86. The highest BCUT2D eigenvalue weighted by Crippen LogP contribution is 2.29. The topological polar surface area (TPSA) is 103 Å². The van der Waals surface area contributed by atoms with Gasteiger partial charge < -0.3 is 25.7 Å². The summed E-state index contributed by atoms with van der Waals surface area (Å²) in [7, 11) is 0. The van der Waals surface area contributed by atoms with Crippen molar-refractivity contribution < 1.29 is 4.74 Å². The van der Waals surface area contributed by atoms with E-state index in [1.807, 2.05) is 36.7 Å². The van der Waals surface area contributed by atoms with E-state index in [2.05, 4.69) is 20.2 Å². The summed E-state index contributed by atoms with van der Waals surface area (Å²) in [5.74, 6) is 1.35. The maximum absolute atomic E-state index is 6.06. The molecular weight excluding hydrogens is 437 g/mol. The van der Waals surface area contributed by atoms with E-state index >= 15 is 0 Å². The number of benzene rings is 1. The minimum atomic E-state index is 0. The average molecular weight is 466 g/mol. The Morgan fingerprint density at radius 2 is 1.77 bits per heavy atom. The number of para-hydroxylation sites is 1. The molecule has 3 aromatic rings. The molecular formula is C21H29Cl2N7O. The van der Waals surface area contributed by atoms with Crippen LogP contribution in [0.3, 0.4) is 0 Å². The summed E-state index contributed by atoms with van der Waals surface area (Å²) in [5, 5.41) is 6.95. The van der Waals surface area contributed by atoms with Crippen LogP contribution in [0, 0.1) is 0 Å². The van der Waals surface area contributed by atoms with Gasteiger partial charge in [-0.05, 0) is 44.2 Å². The van der Waals surface area contributed by atoms with Crippen molar-refractivity contribution in [2.45, 2.75) is 50.2 Å². The maximum atomic E-state index is 6.06. The number of nitrogens with two attached hydrogens (primary N) is 1. The first-order chi connectivity index (χ1) is 14.3. The van der Waals surface area contributed by atoms with Gasteiger partial charge in [0, 0.05) is 24.4 Å². The van der Waals surface area contributed by atoms with Gasteiger partial charge >= 0.3 is 0 Å². The van der Waals surface area contributed by atoms with Gasteiger partial charge in [-0.15, -0.1) is 24.8 Å². The largest absolute Gasteiger partial charge is 0.379 e. The molecule has 1 unspecified atom stereocenters. The molecule has 8 nitrogen and oxygen atoms in total. The molecule has 168 valence electrons. The van der Waals surface area contributed by atoms with E-state index in [-0.39, 0.29) is 30.9 Å². The van der Waals surface area contributed by atoms with Crippen LogP contribution < -0.4 is 16.4 Å². The molecule has 0 bridgehead atoms. The Morgan fingerprint density at radius 1 is 1.00 bits per heavy atom. The summed E-state index contributed by atoms with van der Waals surface area (Å²) >= 11 is 0. The molecule has 10 heteroatoms. The van der Waals surface area contributed by atoms with E-state index in [0.29, 0.717) is 30.5 Å². The van der Waals surface area contributed by atoms with Crippen LogP contribution in [0.5, 0.6) is 0 Å². The number of nitrogens with zero attached hydrogens (tertiary/aromatic N) is 4. The number of hydrogen-bond acceptors (Lipinski definition) is 7. The lowest BCUT2D eigenvalue weighted by Gasteiger charge is -2.27. The number of halogens is 2. The predicted octanol–water partition coefficient (Wildman–Crippen LogP) is 4.06. The van der Waals surface area contributed by atoms with Crippen LogP contribution in [0.1, 0.15) is 38.1 Å². The van der Waals surface area contributed by atoms with Gasteiger partial charge in [-0.3, -0.25) is 0 Å². The van der Waals surface area contributed by atoms with E-state index in [1.165, 1.54) is 0 Å². The SMILES string of the molecule is Cl.Cl.N[C@H]1CC[C@H](Nc2nc(Nc3ccccc3)c3ncn(C4CCOC4)c3n2)CC1. The third kappa shape index (κ3) is 5.20. The molecule has 1 aliphatic carbocycles. The molecule has 0 amide bonds. The number of nitrogens with one attached hydrogen (secondary N) is 2. The van der Waals surface area contributed by atoms with Gasteiger partial charge in [-0.25, -0.2) is 4.98 Å². The minimum Gasteiger partial charge on any atom is -0.379 e. The second-order valence-electron chi connectivity index (χ2n) is 7.98. The molecule has 1 aliphatic heterocycles. The Bertz CT molecular complexity index is 971. The molecule has 1 saturated heterocycles.